The molecule has 1 amide bonds. The monoisotopic (exact) mass is 385 g/mol. The maximum atomic E-state index is 11.7. The fraction of sp³-hybridized carbons (Fsp3) is 0.909. The van der Waals surface area contributed by atoms with Crippen LogP contribution in [0.5, 0.6) is 0 Å². The van der Waals surface area contributed by atoms with Crippen molar-refractivity contribution in [3.63, 3.8) is 0 Å². The molecule has 27 heavy (non-hydrogen) atoms. The maximum Gasteiger partial charge on any atom is 0.217 e. The highest BCUT2D eigenvalue weighted by molar-refractivity contribution is 5.83. The van der Waals surface area contributed by atoms with Crippen LogP contribution in [0.15, 0.2) is 0 Å². The number of nitrogens with two attached hydrogens (primary N) is 1. The van der Waals surface area contributed by atoms with Crippen LogP contribution in [0.3, 0.4) is 0 Å². The molecule has 0 spiro atoms. The molecule has 1 aliphatic carbocycles. The molecule has 5 heteroatoms. The van der Waals surface area contributed by atoms with Crippen LogP contribution in [0.1, 0.15) is 91.9 Å². The number of hydrogen-bond donors (Lipinski definition) is 1. The second kappa shape index (κ2) is 17.2. The Hall–Kier alpha value is -0.940. The molecule has 1 aliphatic rings. The van der Waals surface area contributed by atoms with Gasteiger partial charge >= 0.3 is 0 Å². The summed E-state index contributed by atoms with van der Waals surface area (Å²) in [5, 5.41) is 0. The van der Waals surface area contributed by atoms with Gasteiger partial charge in [-0.1, -0.05) is 33.1 Å². The molecule has 0 radical (unpaired) electrons. The van der Waals surface area contributed by atoms with E-state index in [4.69, 9.17) is 15.2 Å². The third kappa shape index (κ3) is 15.8. The molecule has 1 fully saturated rings. The number of Topliss-reactive ketones (excluding diaryl/α,β-unsaturated/α-hetero) is 1. The van der Waals surface area contributed by atoms with Crippen LogP contribution in [0.4, 0.5) is 0 Å². The summed E-state index contributed by atoms with van der Waals surface area (Å²) in [6.07, 6.45) is 10.7. The van der Waals surface area contributed by atoms with E-state index >= 15 is 0 Å². The Morgan fingerprint density at radius 1 is 0.963 bits per heavy atom. The molecule has 1 rings (SSSR count). The van der Waals surface area contributed by atoms with Crippen molar-refractivity contribution in [2.24, 2.45) is 17.6 Å². The van der Waals surface area contributed by atoms with Gasteiger partial charge < -0.3 is 15.2 Å². The molecule has 0 aromatic rings. The number of ether oxygens (including phenoxy) is 2. The average molecular weight is 386 g/mol. The summed E-state index contributed by atoms with van der Waals surface area (Å²) >= 11 is 0. The van der Waals surface area contributed by atoms with E-state index in [0.717, 1.165) is 51.7 Å². The number of primary amides is 1. The molecule has 0 aliphatic heterocycles. The molecule has 0 saturated heterocycles. The van der Waals surface area contributed by atoms with Crippen molar-refractivity contribution in [1.82, 2.24) is 0 Å². The molecule has 0 aromatic carbocycles. The molecule has 0 heterocycles. The Morgan fingerprint density at radius 3 is 2.11 bits per heavy atom. The van der Waals surface area contributed by atoms with Crippen molar-refractivity contribution >= 4 is 11.7 Å². The van der Waals surface area contributed by atoms with Crippen LogP contribution in [-0.4, -0.2) is 37.6 Å². The van der Waals surface area contributed by atoms with Gasteiger partial charge in [-0.3, -0.25) is 9.59 Å². The van der Waals surface area contributed by atoms with E-state index in [-0.39, 0.29) is 5.91 Å². The van der Waals surface area contributed by atoms with Crippen LogP contribution in [0.2, 0.25) is 0 Å². The van der Waals surface area contributed by atoms with Crippen LogP contribution in [0, 0.1) is 11.8 Å². The lowest BCUT2D eigenvalue weighted by Gasteiger charge is -2.22. The minimum Gasteiger partial charge on any atom is -0.381 e. The van der Waals surface area contributed by atoms with E-state index in [2.05, 4.69) is 13.8 Å². The summed E-state index contributed by atoms with van der Waals surface area (Å²) in [7, 11) is 0. The fourth-order valence-corrected chi connectivity index (χ4v) is 3.07. The standard InChI is InChI=1S/C11H23NO3.C11H20O/c1-10(2)15-9-4-3-7-14-8-5-6-11(12)13;1-3-9(2)11(12)10-7-5-4-6-8-10/h10H,3-9H2,1-2H3,(H2,12,13);9-10H,3-8H2,1-2H3. The van der Waals surface area contributed by atoms with Crippen molar-refractivity contribution in [3.8, 4) is 0 Å². The maximum absolute atomic E-state index is 11.7. The second-order valence-electron chi connectivity index (χ2n) is 7.86. The Labute approximate surface area is 166 Å². The molecule has 5 nitrogen and oxygen atoms in total. The largest absolute Gasteiger partial charge is 0.381 e. The molecule has 1 unspecified atom stereocenters. The Bertz CT molecular complexity index is 379. The van der Waals surface area contributed by atoms with Gasteiger partial charge in [0.15, 0.2) is 0 Å². The smallest absolute Gasteiger partial charge is 0.217 e. The van der Waals surface area contributed by atoms with Crippen molar-refractivity contribution in [2.45, 2.75) is 98.0 Å². The van der Waals surface area contributed by atoms with Gasteiger partial charge in [0, 0.05) is 38.1 Å². The Kier molecular flexibility index (Phi) is 16.6. The first-order valence-electron chi connectivity index (χ1n) is 10.9. The predicted octanol–water partition coefficient (Wildman–Crippen LogP) is 4.66. The minimum absolute atomic E-state index is 0.260. The number of amides is 1. The summed E-state index contributed by atoms with van der Waals surface area (Å²) in [4.78, 5) is 22.1. The summed E-state index contributed by atoms with van der Waals surface area (Å²) in [6.45, 7) is 10.4. The minimum atomic E-state index is -0.260. The van der Waals surface area contributed by atoms with Crippen LogP contribution in [0.25, 0.3) is 0 Å². The molecular formula is C22H43NO4. The van der Waals surface area contributed by atoms with Crippen molar-refractivity contribution in [3.05, 3.63) is 0 Å². The molecule has 2 N–H and O–H groups in total. The highest BCUT2D eigenvalue weighted by Crippen LogP contribution is 2.27. The highest BCUT2D eigenvalue weighted by Gasteiger charge is 2.23. The van der Waals surface area contributed by atoms with E-state index in [1.54, 1.807) is 0 Å². The second-order valence-corrected chi connectivity index (χ2v) is 7.86. The van der Waals surface area contributed by atoms with Gasteiger partial charge in [0.25, 0.3) is 0 Å². The first-order chi connectivity index (χ1) is 12.9. The van der Waals surface area contributed by atoms with Crippen LogP contribution in [-0.2, 0) is 19.1 Å². The van der Waals surface area contributed by atoms with Crippen molar-refractivity contribution in [2.75, 3.05) is 19.8 Å². The number of carbonyl (C=O) groups is 2. The first-order valence-corrected chi connectivity index (χ1v) is 10.9. The number of hydrogen-bond acceptors (Lipinski definition) is 4. The number of rotatable bonds is 13. The van der Waals surface area contributed by atoms with Gasteiger partial charge in [0.2, 0.25) is 5.91 Å². The average Bonchev–Trinajstić information content (AvgIpc) is 2.66. The van der Waals surface area contributed by atoms with Crippen molar-refractivity contribution in [1.29, 1.82) is 0 Å². The van der Waals surface area contributed by atoms with Crippen LogP contribution >= 0.6 is 0 Å². The lowest BCUT2D eigenvalue weighted by Crippen LogP contribution is -2.23. The zero-order valence-electron chi connectivity index (χ0n) is 18.1. The molecule has 0 aromatic heterocycles. The fourth-order valence-electron chi connectivity index (χ4n) is 3.07. The Morgan fingerprint density at radius 2 is 1.56 bits per heavy atom. The molecule has 1 atom stereocenters. The lowest BCUT2D eigenvalue weighted by atomic mass is 9.81. The predicted molar refractivity (Wildman–Crippen MR) is 111 cm³/mol. The van der Waals surface area contributed by atoms with Gasteiger partial charge in [0.1, 0.15) is 5.78 Å². The lowest BCUT2D eigenvalue weighted by molar-refractivity contribution is -0.127. The van der Waals surface area contributed by atoms with E-state index in [1.807, 2.05) is 13.8 Å². The van der Waals surface area contributed by atoms with E-state index in [9.17, 15) is 9.59 Å². The van der Waals surface area contributed by atoms with Gasteiger partial charge in [-0.05, 0) is 52.4 Å². The van der Waals surface area contributed by atoms with Gasteiger partial charge in [-0.15, -0.1) is 0 Å². The third-order valence-electron chi connectivity index (χ3n) is 4.95. The molecule has 160 valence electrons. The Balaban J connectivity index is 0.000000511. The summed E-state index contributed by atoms with van der Waals surface area (Å²) in [6, 6.07) is 0. The normalized spacial score (nSPS) is 15.9. The van der Waals surface area contributed by atoms with Gasteiger partial charge in [-0.25, -0.2) is 0 Å². The molecule has 0 bridgehead atoms. The topological polar surface area (TPSA) is 78.6 Å². The first kappa shape index (κ1) is 26.1. The van der Waals surface area contributed by atoms with Gasteiger partial charge in [-0.2, -0.15) is 0 Å². The van der Waals surface area contributed by atoms with E-state index in [1.165, 1.54) is 19.3 Å². The summed E-state index contributed by atoms with van der Waals surface area (Å²) < 4.78 is 10.7. The SMILES string of the molecule is CC(C)OCCCCOCCCC(N)=O.CCC(C)C(=O)C1CCCCC1. The molecule has 1 saturated carbocycles. The van der Waals surface area contributed by atoms with Crippen LogP contribution < -0.4 is 5.73 Å². The number of unbranched alkanes of at least 4 members (excludes halogenated alkanes) is 1. The highest BCUT2D eigenvalue weighted by atomic mass is 16.5. The zero-order valence-corrected chi connectivity index (χ0v) is 18.1. The third-order valence-corrected chi connectivity index (χ3v) is 4.95. The van der Waals surface area contributed by atoms with E-state index < -0.39 is 0 Å². The molecular weight excluding hydrogens is 342 g/mol. The summed E-state index contributed by atoms with van der Waals surface area (Å²) in [5.74, 6) is 0.975. The van der Waals surface area contributed by atoms with Gasteiger partial charge in [0.05, 0.1) is 6.10 Å². The van der Waals surface area contributed by atoms with Crippen molar-refractivity contribution < 1.29 is 19.1 Å². The number of carbonyl (C=O) groups excluding carboxylic acids is 2. The summed E-state index contributed by atoms with van der Waals surface area (Å²) in [5.41, 5.74) is 4.99. The zero-order chi connectivity index (χ0) is 20.5. The van der Waals surface area contributed by atoms with E-state index in [0.29, 0.717) is 36.8 Å². The number of ketones is 1. The quantitative estimate of drug-likeness (QED) is 0.468.